The van der Waals surface area contributed by atoms with E-state index in [1.54, 1.807) is 6.08 Å². The van der Waals surface area contributed by atoms with E-state index in [9.17, 15) is 9.70 Å². The van der Waals surface area contributed by atoms with Crippen molar-refractivity contribution in [2.24, 2.45) is 26.3 Å². The molecule has 0 bridgehead atoms. The van der Waals surface area contributed by atoms with Crippen molar-refractivity contribution < 1.29 is 4.79 Å². The second-order valence-corrected chi connectivity index (χ2v) is 7.58. The summed E-state index contributed by atoms with van der Waals surface area (Å²) >= 11 is 0. The second kappa shape index (κ2) is 10.6. The number of nitroso groups, excluding NO2 is 1. The Kier molecular flexibility index (Phi) is 7.59. The Morgan fingerprint density at radius 2 is 1.97 bits per heavy atom. The van der Waals surface area contributed by atoms with Gasteiger partial charge in [-0.2, -0.15) is 0 Å². The minimum Gasteiger partial charge on any atom is -0.339 e. The van der Waals surface area contributed by atoms with Crippen molar-refractivity contribution in [1.29, 1.82) is 0 Å². The molecule has 1 aliphatic heterocycles. The Balaban J connectivity index is 2.02. The lowest BCUT2D eigenvalue weighted by atomic mass is 9.94. The predicted octanol–water partition coefficient (Wildman–Crippen LogP) is 5.31. The van der Waals surface area contributed by atoms with Crippen LogP contribution in [0.3, 0.4) is 0 Å². The minimum atomic E-state index is -0.0117. The average molecular weight is 421 g/mol. The number of rotatable bonds is 7. The quantitative estimate of drug-likeness (QED) is 0.279. The van der Waals surface area contributed by atoms with Gasteiger partial charge in [0.1, 0.15) is 5.70 Å². The van der Waals surface area contributed by atoms with Gasteiger partial charge in [-0.05, 0) is 60.2 Å². The van der Waals surface area contributed by atoms with Crippen LogP contribution in [0.15, 0.2) is 62.1 Å². The van der Waals surface area contributed by atoms with Crippen molar-refractivity contribution in [2.75, 3.05) is 13.1 Å². The van der Waals surface area contributed by atoms with Crippen molar-refractivity contribution >= 4 is 29.1 Å². The van der Waals surface area contributed by atoms with Gasteiger partial charge in [0.05, 0.1) is 5.69 Å². The molecule has 0 saturated carbocycles. The fraction of sp³-hybridized carbons (Fsp3) is 0.391. The van der Waals surface area contributed by atoms with Crippen LogP contribution in [0.4, 0.5) is 5.69 Å². The van der Waals surface area contributed by atoms with Gasteiger partial charge in [0.2, 0.25) is 5.91 Å². The first-order valence-electron chi connectivity index (χ1n) is 10.7. The van der Waals surface area contributed by atoms with Gasteiger partial charge < -0.3 is 10.7 Å². The topological polar surface area (TPSA) is 113 Å². The maximum atomic E-state index is 13.2. The van der Waals surface area contributed by atoms with Crippen LogP contribution in [0, 0.1) is 4.91 Å². The zero-order valence-corrected chi connectivity index (χ0v) is 18.0. The zero-order valence-electron chi connectivity index (χ0n) is 18.0. The molecule has 1 aromatic rings. The van der Waals surface area contributed by atoms with E-state index in [0.29, 0.717) is 35.9 Å². The molecule has 31 heavy (non-hydrogen) atoms. The largest absolute Gasteiger partial charge is 0.339 e. The van der Waals surface area contributed by atoms with E-state index in [0.717, 1.165) is 42.4 Å². The molecule has 3 rings (SSSR count). The number of hydrogen-bond acceptors (Lipinski definition) is 6. The van der Waals surface area contributed by atoms with Crippen molar-refractivity contribution in [3.05, 3.63) is 57.7 Å². The van der Waals surface area contributed by atoms with E-state index in [1.807, 2.05) is 35.3 Å². The van der Waals surface area contributed by atoms with Crippen LogP contribution in [-0.4, -0.2) is 29.7 Å². The number of allylic oxidation sites excluding steroid dienone is 3. The summed E-state index contributed by atoms with van der Waals surface area (Å²) < 4.78 is 0. The number of amides is 1. The Bertz CT molecular complexity index is 997. The summed E-state index contributed by atoms with van der Waals surface area (Å²) in [5.74, 6) is 5.67. The minimum absolute atomic E-state index is 0.0117. The van der Waals surface area contributed by atoms with Crippen molar-refractivity contribution in [3.63, 3.8) is 0 Å². The normalized spacial score (nSPS) is 15.9. The number of amidine groups is 1. The number of carbonyl (C=O) groups is 1. The molecule has 0 unspecified atom stereocenters. The van der Waals surface area contributed by atoms with E-state index >= 15 is 0 Å². The summed E-state index contributed by atoms with van der Waals surface area (Å²) in [7, 11) is 0. The SMILES string of the molecule is CCCN(CCC)C(=O)C1=Cc2ccc(C3=CC(N=O)=CCC3)cc2N=C(N=NN)C1. The second-order valence-electron chi connectivity index (χ2n) is 7.58. The molecule has 1 amide bonds. The highest BCUT2D eigenvalue weighted by molar-refractivity contribution is 6.06. The van der Waals surface area contributed by atoms with Crippen LogP contribution in [0.1, 0.15) is 57.1 Å². The molecule has 2 aliphatic rings. The number of carbonyl (C=O) groups excluding carboxylic acids is 1. The van der Waals surface area contributed by atoms with Crippen LogP contribution in [-0.2, 0) is 4.79 Å². The van der Waals surface area contributed by atoms with Crippen LogP contribution in [0.2, 0.25) is 0 Å². The standard InChI is InChI=1S/C23H28N6O2/c1-3-10-29(11-4-2)23(30)19-12-18-9-8-17(16-6-5-7-20(13-16)27-31)14-21(18)25-22(15-19)26-28-24/h7-9,12-14H,3-6,10-11,15H2,1-2H3,(H2,24,25,26). The molecule has 1 aromatic carbocycles. The van der Waals surface area contributed by atoms with Crippen molar-refractivity contribution in [1.82, 2.24) is 4.90 Å². The Morgan fingerprint density at radius 3 is 2.65 bits per heavy atom. The summed E-state index contributed by atoms with van der Waals surface area (Å²) in [5, 5.41) is 10.4. The molecule has 0 atom stereocenters. The lowest BCUT2D eigenvalue weighted by Crippen LogP contribution is -2.34. The van der Waals surface area contributed by atoms with E-state index in [2.05, 4.69) is 34.4 Å². The van der Waals surface area contributed by atoms with Gasteiger partial charge >= 0.3 is 0 Å². The van der Waals surface area contributed by atoms with Gasteiger partial charge in [-0.15, -0.1) is 10.0 Å². The molecule has 0 aromatic heterocycles. The highest BCUT2D eigenvalue weighted by Gasteiger charge is 2.22. The van der Waals surface area contributed by atoms with Gasteiger partial charge in [0, 0.05) is 30.6 Å². The molecule has 0 spiro atoms. The number of fused-ring (bicyclic) bond motifs is 1. The van der Waals surface area contributed by atoms with E-state index in [-0.39, 0.29) is 12.3 Å². The zero-order chi connectivity index (χ0) is 22.2. The summed E-state index contributed by atoms with van der Waals surface area (Å²) in [6, 6.07) is 5.87. The summed E-state index contributed by atoms with van der Waals surface area (Å²) in [5.41, 5.74) is 4.57. The van der Waals surface area contributed by atoms with E-state index in [4.69, 9.17) is 5.84 Å². The van der Waals surface area contributed by atoms with Gasteiger partial charge in [-0.3, -0.25) is 4.79 Å². The molecular formula is C23H28N6O2. The van der Waals surface area contributed by atoms with Gasteiger partial charge in [-0.25, -0.2) is 4.99 Å². The molecule has 2 N–H and O–H groups in total. The number of hydrogen-bond donors (Lipinski definition) is 1. The van der Waals surface area contributed by atoms with Crippen LogP contribution in [0.25, 0.3) is 11.6 Å². The van der Waals surface area contributed by atoms with Crippen molar-refractivity contribution in [3.8, 4) is 0 Å². The van der Waals surface area contributed by atoms with Gasteiger partial charge in [0.25, 0.3) is 0 Å². The Hall–Kier alpha value is -3.42. The molecule has 8 nitrogen and oxygen atoms in total. The fourth-order valence-electron chi connectivity index (χ4n) is 3.85. The molecule has 0 radical (unpaired) electrons. The third kappa shape index (κ3) is 5.39. The Labute approximate surface area is 182 Å². The van der Waals surface area contributed by atoms with E-state index < -0.39 is 0 Å². The molecule has 0 fully saturated rings. The third-order valence-corrected chi connectivity index (χ3v) is 5.25. The number of aliphatic imine (C=N–C) groups is 1. The monoisotopic (exact) mass is 420 g/mol. The maximum Gasteiger partial charge on any atom is 0.250 e. The predicted molar refractivity (Wildman–Crippen MR) is 123 cm³/mol. The first-order valence-corrected chi connectivity index (χ1v) is 10.7. The molecule has 0 saturated heterocycles. The summed E-state index contributed by atoms with van der Waals surface area (Å²) in [6.45, 7) is 5.53. The van der Waals surface area contributed by atoms with Gasteiger partial charge in [-0.1, -0.05) is 37.3 Å². The third-order valence-electron chi connectivity index (χ3n) is 5.25. The van der Waals surface area contributed by atoms with Crippen LogP contribution in [0.5, 0.6) is 0 Å². The van der Waals surface area contributed by atoms with Gasteiger partial charge in [0.15, 0.2) is 5.84 Å². The summed E-state index contributed by atoms with van der Waals surface area (Å²) in [6.07, 6.45) is 9.15. The lowest BCUT2D eigenvalue weighted by Gasteiger charge is -2.22. The number of nitrogens with zero attached hydrogens (tertiary/aromatic N) is 5. The Morgan fingerprint density at radius 1 is 1.19 bits per heavy atom. The lowest BCUT2D eigenvalue weighted by molar-refractivity contribution is -0.127. The van der Waals surface area contributed by atoms with Crippen LogP contribution < -0.4 is 5.84 Å². The van der Waals surface area contributed by atoms with Crippen molar-refractivity contribution in [2.45, 2.75) is 46.0 Å². The average Bonchev–Trinajstić information content (AvgIpc) is 2.97. The molecule has 162 valence electrons. The molecular weight excluding hydrogens is 392 g/mol. The smallest absolute Gasteiger partial charge is 0.250 e. The number of nitrogens with two attached hydrogens (primary N) is 1. The van der Waals surface area contributed by atoms with E-state index in [1.165, 1.54) is 0 Å². The molecule has 1 heterocycles. The fourth-order valence-corrected chi connectivity index (χ4v) is 3.85. The first kappa shape index (κ1) is 22.3. The first-order chi connectivity index (χ1) is 15.1. The van der Waals surface area contributed by atoms with Crippen LogP contribution >= 0.6 is 0 Å². The highest BCUT2D eigenvalue weighted by atomic mass is 16.3. The summed E-state index contributed by atoms with van der Waals surface area (Å²) in [4.78, 5) is 30.6. The molecule has 1 aliphatic carbocycles. The molecule has 8 heteroatoms. The number of benzene rings is 1. The maximum absolute atomic E-state index is 13.2. The highest BCUT2D eigenvalue weighted by Crippen LogP contribution is 2.34.